The van der Waals surface area contributed by atoms with Gasteiger partial charge >= 0.3 is 0 Å². The zero-order chi connectivity index (χ0) is 6.27. The second kappa shape index (κ2) is 1.83. The highest BCUT2D eigenvalue weighted by Gasteiger charge is 2.47. The van der Waals surface area contributed by atoms with Gasteiger partial charge in [0, 0.05) is 6.42 Å². The molecule has 9 heavy (non-hydrogen) atoms. The SMILES string of the molecule is O=CCC1CCC2CC12. The zero-order valence-corrected chi connectivity index (χ0v) is 5.55. The minimum absolute atomic E-state index is 0.785. The molecule has 2 aliphatic rings. The number of hydrogen-bond acceptors (Lipinski definition) is 1. The number of carbonyl (C=O) groups is 1. The van der Waals surface area contributed by atoms with Crippen LogP contribution in [0.25, 0.3) is 0 Å². The summed E-state index contributed by atoms with van der Waals surface area (Å²) in [7, 11) is 0. The lowest BCUT2D eigenvalue weighted by molar-refractivity contribution is -0.108. The minimum Gasteiger partial charge on any atom is -0.303 e. The molecular weight excluding hydrogens is 112 g/mol. The summed E-state index contributed by atoms with van der Waals surface area (Å²) in [5, 5.41) is 0. The summed E-state index contributed by atoms with van der Waals surface area (Å²) in [5.41, 5.74) is 0. The predicted molar refractivity (Wildman–Crippen MR) is 35.0 cm³/mol. The molecule has 0 heterocycles. The second-order valence-electron chi connectivity index (χ2n) is 3.40. The van der Waals surface area contributed by atoms with Crippen molar-refractivity contribution in [2.24, 2.45) is 17.8 Å². The Morgan fingerprint density at radius 3 is 2.78 bits per heavy atom. The molecule has 0 radical (unpaired) electrons. The molecule has 0 bridgehead atoms. The minimum atomic E-state index is 0.785. The molecular formula is C8H12O. The molecule has 0 aliphatic heterocycles. The van der Waals surface area contributed by atoms with Gasteiger partial charge in [-0.25, -0.2) is 0 Å². The standard InChI is InChI=1S/C8H12O/c9-4-3-6-1-2-7-5-8(6)7/h4,6-8H,1-3,5H2. The first kappa shape index (κ1) is 5.45. The third-order valence-corrected chi connectivity index (χ3v) is 2.89. The smallest absolute Gasteiger partial charge is 0.120 e. The van der Waals surface area contributed by atoms with E-state index in [4.69, 9.17) is 0 Å². The molecule has 0 spiro atoms. The Morgan fingerprint density at radius 2 is 2.33 bits per heavy atom. The molecule has 2 aliphatic carbocycles. The molecule has 0 saturated heterocycles. The quantitative estimate of drug-likeness (QED) is 0.511. The summed E-state index contributed by atoms with van der Waals surface area (Å²) in [6.07, 6.45) is 6.09. The van der Waals surface area contributed by atoms with Gasteiger partial charge in [-0.05, 0) is 37.0 Å². The Morgan fingerprint density at radius 1 is 1.44 bits per heavy atom. The maximum absolute atomic E-state index is 10.1. The highest BCUT2D eigenvalue weighted by molar-refractivity contribution is 5.50. The lowest BCUT2D eigenvalue weighted by atomic mass is 10.0. The summed E-state index contributed by atoms with van der Waals surface area (Å²) in [5.74, 6) is 2.79. The van der Waals surface area contributed by atoms with Crippen LogP contribution >= 0.6 is 0 Å². The normalized spacial score (nSPS) is 46.4. The van der Waals surface area contributed by atoms with E-state index in [0.717, 1.165) is 30.5 Å². The highest BCUT2D eigenvalue weighted by Crippen LogP contribution is 2.56. The summed E-state index contributed by atoms with van der Waals surface area (Å²) >= 11 is 0. The topological polar surface area (TPSA) is 17.1 Å². The first-order valence-corrected chi connectivity index (χ1v) is 3.85. The monoisotopic (exact) mass is 124 g/mol. The van der Waals surface area contributed by atoms with E-state index in [-0.39, 0.29) is 0 Å². The lowest BCUT2D eigenvalue weighted by Crippen LogP contribution is -1.98. The zero-order valence-electron chi connectivity index (χ0n) is 5.55. The maximum Gasteiger partial charge on any atom is 0.120 e. The van der Waals surface area contributed by atoms with Crippen LogP contribution in [0.4, 0.5) is 0 Å². The van der Waals surface area contributed by atoms with Crippen LogP contribution < -0.4 is 0 Å². The average molecular weight is 124 g/mol. The van der Waals surface area contributed by atoms with Crippen LogP contribution in [0, 0.1) is 17.8 Å². The van der Waals surface area contributed by atoms with Gasteiger partial charge in [0.2, 0.25) is 0 Å². The molecule has 0 N–H and O–H groups in total. The van der Waals surface area contributed by atoms with Gasteiger partial charge in [-0.3, -0.25) is 0 Å². The molecule has 2 saturated carbocycles. The van der Waals surface area contributed by atoms with Gasteiger partial charge in [0.25, 0.3) is 0 Å². The average Bonchev–Trinajstić information content (AvgIpc) is 2.54. The van der Waals surface area contributed by atoms with E-state index in [0.29, 0.717) is 0 Å². The molecule has 0 aromatic carbocycles. The maximum atomic E-state index is 10.1. The second-order valence-corrected chi connectivity index (χ2v) is 3.40. The number of aldehydes is 1. The fourth-order valence-corrected chi connectivity index (χ4v) is 2.24. The van der Waals surface area contributed by atoms with E-state index >= 15 is 0 Å². The molecule has 1 nitrogen and oxygen atoms in total. The number of rotatable bonds is 2. The molecule has 1 heteroatoms. The van der Waals surface area contributed by atoms with Crippen molar-refractivity contribution >= 4 is 6.29 Å². The van der Waals surface area contributed by atoms with Gasteiger partial charge < -0.3 is 4.79 Å². The van der Waals surface area contributed by atoms with Crippen LogP contribution in [-0.2, 0) is 4.79 Å². The van der Waals surface area contributed by atoms with Crippen molar-refractivity contribution in [2.45, 2.75) is 25.7 Å². The number of fused-ring (bicyclic) bond motifs is 1. The Labute approximate surface area is 55.4 Å². The van der Waals surface area contributed by atoms with Crippen molar-refractivity contribution in [3.63, 3.8) is 0 Å². The van der Waals surface area contributed by atoms with Gasteiger partial charge in [0.15, 0.2) is 0 Å². The summed E-state index contributed by atoms with van der Waals surface area (Å²) in [4.78, 5) is 10.1. The van der Waals surface area contributed by atoms with E-state index in [1.54, 1.807) is 0 Å². The van der Waals surface area contributed by atoms with Crippen molar-refractivity contribution in [3.05, 3.63) is 0 Å². The molecule has 0 amide bonds. The van der Waals surface area contributed by atoms with Crippen LogP contribution in [0.15, 0.2) is 0 Å². The Kier molecular flexibility index (Phi) is 1.11. The third kappa shape index (κ3) is 0.790. The molecule has 2 fully saturated rings. The fourth-order valence-electron chi connectivity index (χ4n) is 2.24. The van der Waals surface area contributed by atoms with Gasteiger partial charge in [0.1, 0.15) is 6.29 Å². The summed E-state index contributed by atoms with van der Waals surface area (Å²) in [6, 6.07) is 0. The van der Waals surface area contributed by atoms with Crippen molar-refractivity contribution in [1.29, 1.82) is 0 Å². The Balaban J connectivity index is 1.90. The molecule has 0 aromatic rings. The summed E-state index contributed by atoms with van der Waals surface area (Å²) in [6.45, 7) is 0. The lowest BCUT2D eigenvalue weighted by Gasteiger charge is -2.04. The van der Waals surface area contributed by atoms with E-state index in [9.17, 15) is 4.79 Å². The fraction of sp³-hybridized carbons (Fsp3) is 0.875. The molecule has 2 rings (SSSR count). The first-order chi connectivity index (χ1) is 4.42. The van der Waals surface area contributed by atoms with Crippen molar-refractivity contribution in [1.82, 2.24) is 0 Å². The van der Waals surface area contributed by atoms with E-state index in [2.05, 4.69) is 0 Å². The Hall–Kier alpha value is -0.330. The van der Waals surface area contributed by atoms with Crippen LogP contribution in [-0.4, -0.2) is 6.29 Å². The number of hydrogen-bond donors (Lipinski definition) is 0. The van der Waals surface area contributed by atoms with Crippen LogP contribution in [0.2, 0.25) is 0 Å². The van der Waals surface area contributed by atoms with Gasteiger partial charge in [-0.1, -0.05) is 0 Å². The Bertz CT molecular complexity index is 131. The van der Waals surface area contributed by atoms with Crippen molar-refractivity contribution in [3.8, 4) is 0 Å². The van der Waals surface area contributed by atoms with Gasteiger partial charge in [0.05, 0.1) is 0 Å². The van der Waals surface area contributed by atoms with E-state index in [1.165, 1.54) is 19.3 Å². The van der Waals surface area contributed by atoms with Crippen molar-refractivity contribution < 1.29 is 4.79 Å². The van der Waals surface area contributed by atoms with E-state index in [1.807, 2.05) is 0 Å². The van der Waals surface area contributed by atoms with E-state index < -0.39 is 0 Å². The molecule has 3 unspecified atom stereocenters. The first-order valence-electron chi connectivity index (χ1n) is 3.85. The summed E-state index contributed by atoms with van der Waals surface area (Å²) < 4.78 is 0. The highest BCUT2D eigenvalue weighted by atomic mass is 16.1. The van der Waals surface area contributed by atoms with Gasteiger partial charge in [-0.2, -0.15) is 0 Å². The van der Waals surface area contributed by atoms with Gasteiger partial charge in [-0.15, -0.1) is 0 Å². The molecule has 50 valence electrons. The van der Waals surface area contributed by atoms with Crippen LogP contribution in [0.1, 0.15) is 25.7 Å². The van der Waals surface area contributed by atoms with Crippen molar-refractivity contribution in [2.75, 3.05) is 0 Å². The molecule has 3 atom stereocenters. The predicted octanol–water partition coefficient (Wildman–Crippen LogP) is 1.62. The molecule has 0 aromatic heterocycles. The van der Waals surface area contributed by atoms with Crippen LogP contribution in [0.5, 0.6) is 0 Å². The van der Waals surface area contributed by atoms with Crippen LogP contribution in [0.3, 0.4) is 0 Å². The number of carbonyl (C=O) groups excluding carboxylic acids is 1. The largest absolute Gasteiger partial charge is 0.303 e. The third-order valence-electron chi connectivity index (χ3n) is 2.89.